The molecule has 68 valence electrons. The monoisotopic (exact) mass is 184 g/mol. The fourth-order valence-electron chi connectivity index (χ4n) is 1.77. The van der Waals surface area contributed by atoms with Gasteiger partial charge in [0.15, 0.2) is 11.8 Å². The molecule has 0 aliphatic heterocycles. The van der Waals surface area contributed by atoms with Crippen LogP contribution in [0.3, 0.4) is 0 Å². The zero-order valence-electron chi connectivity index (χ0n) is 7.90. The second kappa shape index (κ2) is 2.58. The average molecular weight is 184 g/mol. The average Bonchev–Trinajstić information content (AvgIpc) is 2.54. The van der Waals surface area contributed by atoms with Crippen LogP contribution in [0.25, 0.3) is 21.9 Å². The number of nitrogens with zero attached hydrogens (tertiary/aromatic N) is 1. The minimum Gasteiger partial charge on any atom is -0.450 e. The smallest absolute Gasteiger partial charge is 0.212 e. The van der Waals surface area contributed by atoms with E-state index in [0.717, 1.165) is 11.2 Å². The quantitative estimate of drug-likeness (QED) is 0.490. The van der Waals surface area contributed by atoms with Crippen LogP contribution in [0.2, 0.25) is 0 Å². The van der Waals surface area contributed by atoms with E-state index >= 15 is 0 Å². The Hall–Kier alpha value is -1.83. The molecule has 0 saturated heterocycles. The molecule has 0 bridgehead atoms. The number of benzene rings is 1. The molecule has 0 radical (unpaired) electrons. The Kier molecular flexibility index (Phi) is 1.39. The van der Waals surface area contributed by atoms with E-state index in [9.17, 15) is 0 Å². The fraction of sp³-hybridized carbons (Fsp3) is 0.0833. The van der Waals surface area contributed by atoms with Crippen molar-refractivity contribution in [2.75, 3.05) is 0 Å². The Morgan fingerprint density at radius 2 is 1.79 bits per heavy atom. The predicted octanol–water partition coefficient (Wildman–Crippen LogP) is 2.41. The summed E-state index contributed by atoms with van der Waals surface area (Å²) in [5, 5.41) is 2.36. The van der Waals surface area contributed by atoms with Crippen LogP contribution in [0.15, 0.2) is 47.1 Å². The van der Waals surface area contributed by atoms with Crippen LogP contribution < -0.4 is 4.57 Å². The maximum atomic E-state index is 5.71. The molecule has 2 heteroatoms. The topological polar surface area (TPSA) is 17.0 Å². The standard InChI is InChI=1S/C12H10NO/c1-13-7-6-10-9-4-2-3-5-11(9)14-12(10)8-13/h2-8H,1H3/q+1. The molecule has 2 aromatic heterocycles. The Morgan fingerprint density at radius 1 is 1.00 bits per heavy atom. The van der Waals surface area contributed by atoms with Gasteiger partial charge in [-0.05, 0) is 6.07 Å². The van der Waals surface area contributed by atoms with Crippen molar-refractivity contribution in [3.63, 3.8) is 0 Å². The summed E-state index contributed by atoms with van der Waals surface area (Å²) in [5.74, 6) is 0. The van der Waals surface area contributed by atoms with Crippen LogP contribution in [-0.4, -0.2) is 0 Å². The van der Waals surface area contributed by atoms with Crippen molar-refractivity contribution in [1.82, 2.24) is 0 Å². The number of hydrogen-bond donors (Lipinski definition) is 0. The van der Waals surface area contributed by atoms with Gasteiger partial charge >= 0.3 is 0 Å². The zero-order valence-corrected chi connectivity index (χ0v) is 7.90. The molecular weight excluding hydrogens is 174 g/mol. The fourth-order valence-corrected chi connectivity index (χ4v) is 1.77. The number of furan rings is 1. The van der Waals surface area contributed by atoms with Crippen molar-refractivity contribution in [2.24, 2.45) is 7.05 Å². The highest BCUT2D eigenvalue weighted by molar-refractivity contribution is 6.04. The van der Waals surface area contributed by atoms with Gasteiger partial charge in [-0.15, -0.1) is 0 Å². The Morgan fingerprint density at radius 3 is 2.71 bits per heavy atom. The van der Waals surface area contributed by atoms with E-state index in [-0.39, 0.29) is 0 Å². The summed E-state index contributed by atoms with van der Waals surface area (Å²) in [4.78, 5) is 0. The normalized spacial score (nSPS) is 11.2. The number of pyridine rings is 1. The summed E-state index contributed by atoms with van der Waals surface area (Å²) in [6, 6.07) is 10.2. The molecule has 14 heavy (non-hydrogen) atoms. The van der Waals surface area contributed by atoms with Crippen LogP contribution in [0.4, 0.5) is 0 Å². The van der Waals surface area contributed by atoms with Crippen LogP contribution in [0, 0.1) is 0 Å². The summed E-state index contributed by atoms with van der Waals surface area (Å²) in [7, 11) is 1.99. The maximum absolute atomic E-state index is 5.71. The maximum Gasteiger partial charge on any atom is 0.212 e. The van der Waals surface area contributed by atoms with E-state index in [1.807, 2.05) is 42.2 Å². The summed E-state index contributed by atoms with van der Waals surface area (Å²) < 4.78 is 7.70. The molecule has 2 heterocycles. The van der Waals surface area contributed by atoms with Gasteiger partial charge in [-0.25, -0.2) is 4.57 Å². The first kappa shape index (κ1) is 7.56. The molecule has 0 aliphatic carbocycles. The van der Waals surface area contributed by atoms with Crippen molar-refractivity contribution in [2.45, 2.75) is 0 Å². The van der Waals surface area contributed by atoms with Crippen molar-refractivity contribution >= 4 is 21.9 Å². The van der Waals surface area contributed by atoms with E-state index in [1.165, 1.54) is 10.8 Å². The third-order valence-electron chi connectivity index (χ3n) is 2.46. The van der Waals surface area contributed by atoms with Crippen LogP contribution in [0.5, 0.6) is 0 Å². The molecule has 0 spiro atoms. The first-order valence-corrected chi connectivity index (χ1v) is 4.61. The molecule has 0 atom stereocenters. The largest absolute Gasteiger partial charge is 0.450 e. The van der Waals surface area contributed by atoms with Gasteiger partial charge in [0.25, 0.3) is 0 Å². The second-order valence-corrected chi connectivity index (χ2v) is 3.49. The third kappa shape index (κ3) is 0.940. The minimum absolute atomic E-state index is 0.941. The lowest BCUT2D eigenvalue weighted by Crippen LogP contribution is -2.25. The lowest BCUT2D eigenvalue weighted by Gasteiger charge is -1.86. The van der Waals surface area contributed by atoms with Gasteiger partial charge in [0.05, 0.1) is 0 Å². The molecule has 0 saturated carbocycles. The number of aryl methyl sites for hydroxylation is 1. The van der Waals surface area contributed by atoms with Gasteiger partial charge in [-0.3, -0.25) is 0 Å². The van der Waals surface area contributed by atoms with Crippen molar-refractivity contribution in [3.8, 4) is 0 Å². The summed E-state index contributed by atoms with van der Waals surface area (Å²) >= 11 is 0. The van der Waals surface area contributed by atoms with E-state index in [2.05, 4.69) is 12.1 Å². The van der Waals surface area contributed by atoms with Crippen molar-refractivity contribution in [3.05, 3.63) is 42.7 Å². The van der Waals surface area contributed by atoms with Gasteiger partial charge in [0, 0.05) is 16.8 Å². The molecule has 0 unspecified atom stereocenters. The Balaban J connectivity index is 2.57. The molecule has 0 N–H and O–H groups in total. The number of fused-ring (bicyclic) bond motifs is 3. The summed E-state index contributed by atoms with van der Waals surface area (Å²) in [6.45, 7) is 0. The Labute approximate surface area is 81.4 Å². The Bertz CT molecular complexity index is 610. The predicted molar refractivity (Wildman–Crippen MR) is 54.9 cm³/mol. The van der Waals surface area contributed by atoms with Gasteiger partial charge in [-0.1, -0.05) is 18.2 Å². The van der Waals surface area contributed by atoms with Gasteiger partial charge in [0.2, 0.25) is 6.20 Å². The van der Waals surface area contributed by atoms with Crippen molar-refractivity contribution in [1.29, 1.82) is 0 Å². The van der Waals surface area contributed by atoms with E-state index in [1.54, 1.807) is 0 Å². The molecule has 0 amide bonds. The summed E-state index contributed by atoms with van der Waals surface area (Å²) in [5.41, 5.74) is 1.89. The first-order valence-electron chi connectivity index (χ1n) is 4.61. The molecule has 2 nitrogen and oxygen atoms in total. The number of aromatic nitrogens is 1. The lowest BCUT2D eigenvalue weighted by molar-refractivity contribution is -0.670. The van der Waals surface area contributed by atoms with Crippen LogP contribution >= 0.6 is 0 Å². The summed E-state index contributed by atoms with van der Waals surface area (Å²) in [6.07, 6.45) is 4.03. The molecule has 0 fully saturated rings. The third-order valence-corrected chi connectivity index (χ3v) is 2.46. The van der Waals surface area contributed by atoms with E-state index in [0.29, 0.717) is 0 Å². The molecule has 3 aromatic rings. The molecule has 1 aromatic carbocycles. The second-order valence-electron chi connectivity index (χ2n) is 3.49. The SMILES string of the molecule is C[n+]1ccc2c(c1)oc1ccccc12. The molecule has 3 rings (SSSR count). The number of hydrogen-bond acceptors (Lipinski definition) is 1. The van der Waals surface area contributed by atoms with Crippen LogP contribution in [0.1, 0.15) is 0 Å². The van der Waals surface area contributed by atoms with Gasteiger partial charge in [0.1, 0.15) is 12.6 Å². The van der Waals surface area contributed by atoms with Gasteiger partial charge < -0.3 is 4.42 Å². The van der Waals surface area contributed by atoms with Crippen molar-refractivity contribution < 1.29 is 8.98 Å². The lowest BCUT2D eigenvalue weighted by atomic mass is 10.2. The van der Waals surface area contributed by atoms with E-state index < -0.39 is 0 Å². The number of para-hydroxylation sites is 1. The van der Waals surface area contributed by atoms with Gasteiger partial charge in [-0.2, -0.15) is 0 Å². The highest BCUT2D eigenvalue weighted by atomic mass is 16.3. The molecule has 0 aliphatic rings. The minimum atomic E-state index is 0.941. The zero-order chi connectivity index (χ0) is 9.54. The molecular formula is C12H10NO+. The highest BCUT2D eigenvalue weighted by Gasteiger charge is 2.08. The first-order chi connectivity index (χ1) is 6.84. The van der Waals surface area contributed by atoms with E-state index in [4.69, 9.17) is 4.42 Å². The van der Waals surface area contributed by atoms with Crippen LogP contribution in [-0.2, 0) is 7.05 Å². The highest BCUT2D eigenvalue weighted by Crippen LogP contribution is 2.26. The number of rotatable bonds is 0.